The van der Waals surface area contributed by atoms with Crippen LogP contribution in [-0.4, -0.2) is 29.1 Å². The molecule has 98 valence electrons. The molecule has 0 spiro atoms. The van der Waals surface area contributed by atoms with Crippen LogP contribution in [0.25, 0.3) is 0 Å². The minimum absolute atomic E-state index is 0.107. The van der Waals surface area contributed by atoms with Crippen LogP contribution in [0, 0.1) is 11.8 Å². The summed E-state index contributed by atoms with van der Waals surface area (Å²) in [7, 11) is 0. The zero-order valence-corrected chi connectivity index (χ0v) is 11.3. The van der Waals surface area contributed by atoms with E-state index in [1.165, 1.54) is 6.92 Å². The van der Waals surface area contributed by atoms with Crippen molar-refractivity contribution in [2.45, 2.75) is 24.5 Å². The number of carbonyl (C=O) groups is 2. The van der Waals surface area contributed by atoms with Crippen LogP contribution in [0.5, 0.6) is 0 Å². The molecule has 0 aromatic carbocycles. The first-order chi connectivity index (χ1) is 8.63. The number of thioether (sulfide) groups is 1. The Hall–Kier alpha value is -1.23. The summed E-state index contributed by atoms with van der Waals surface area (Å²) in [6, 6.07) is 0. The topological polar surface area (TPSA) is 55.4 Å². The Kier molecular flexibility index (Phi) is 4.11. The molecule has 1 amide bonds. The third-order valence-electron chi connectivity index (χ3n) is 3.07. The average molecular weight is 267 g/mol. The third kappa shape index (κ3) is 2.61. The van der Waals surface area contributed by atoms with Gasteiger partial charge in [-0.15, -0.1) is 11.8 Å². The van der Waals surface area contributed by atoms with E-state index in [0.717, 1.165) is 0 Å². The fourth-order valence-corrected chi connectivity index (χ4v) is 4.02. The number of rotatable bonds is 3. The van der Waals surface area contributed by atoms with Crippen LogP contribution in [0.4, 0.5) is 0 Å². The van der Waals surface area contributed by atoms with E-state index in [1.807, 2.05) is 18.2 Å². The predicted molar refractivity (Wildman–Crippen MR) is 70.9 cm³/mol. The summed E-state index contributed by atoms with van der Waals surface area (Å²) in [6.07, 6.45) is 8.03. The van der Waals surface area contributed by atoms with E-state index in [0.29, 0.717) is 6.61 Å². The molecule has 1 heterocycles. The summed E-state index contributed by atoms with van der Waals surface area (Å²) in [5.74, 6) is -0.537. The molecule has 1 N–H and O–H groups in total. The molecule has 4 atom stereocenters. The highest BCUT2D eigenvalue weighted by molar-refractivity contribution is 8.01. The zero-order valence-electron chi connectivity index (χ0n) is 10.5. The second kappa shape index (κ2) is 5.61. The lowest BCUT2D eigenvalue weighted by molar-refractivity contribution is -0.149. The summed E-state index contributed by atoms with van der Waals surface area (Å²) in [6.45, 7) is 3.63. The third-order valence-corrected chi connectivity index (χ3v) is 4.56. The minimum Gasteiger partial charge on any atom is -0.466 e. The van der Waals surface area contributed by atoms with Crippen LogP contribution >= 0.6 is 11.8 Å². The van der Waals surface area contributed by atoms with Crippen molar-refractivity contribution in [2.24, 2.45) is 11.8 Å². The standard InChI is InChI=1S/C13H17NO3S/c1-3-17-13(16)11-9-6-4-5-7-10(9)18-12(11)14-8(2)15/h4-7,9-12H,3H2,1-2H3,(H,14,15). The highest BCUT2D eigenvalue weighted by atomic mass is 32.2. The summed E-state index contributed by atoms with van der Waals surface area (Å²) in [4.78, 5) is 23.3. The molecule has 0 aromatic heterocycles. The van der Waals surface area contributed by atoms with Crippen molar-refractivity contribution in [2.75, 3.05) is 6.61 Å². The lowest BCUT2D eigenvalue weighted by Crippen LogP contribution is -2.40. The van der Waals surface area contributed by atoms with E-state index < -0.39 is 0 Å². The van der Waals surface area contributed by atoms with Crippen LogP contribution in [-0.2, 0) is 14.3 Å². The van der Waals surface area contributed by atoms with Crippen LogP contribution in [0.15, 0.2) is 24.3 Å². The number of allylic oxidation sites excluding steroid dienone is 3. The van der Waals surface area contributed by atoms with Crippen LogP contribution in [0.1, 0.15) is 13.8 Å². The van der Waals surface area contributed by atoms with Gasteiger partial charge < -0.3 is 10.1 Å². The molecule has 2 aliphatic rings. The van der Waals surface area contributed by atoms with Crippen LogP contribution in [0.3, 0.4) is 0 Å². The maximum atomic E-state index is 12.0. The number of carbonyl (C=O) groups excluding carboxylic acids is 2. The highest BCUT2D eigenvalue weighted by Crippen LogP contribution is 2.45. The van der Waals surface area contributed by atoms with Gasteiger partial charge in [0.05, 0.1) is 17.9 Å². The fourth-order valence-electron chi connectivity index (χ4n) is 2.36. The van der Waals surface area contributed by atoms with E-state index in [-0.39, 0.29) is 34.3 Å². The lowest BCUT2D eigenvalue weighted by atomic mass is 9.87. The van der Waals surface area contributed by atoms with Crippen molar-refractivity contribution >= 4 is 23.6 Å². The number of hydrogen-bond donors (Lipinski definition) is 1. The van der Waals surface area contributed by atoms with Crippen molar-refractivity contribution in [1.82, 2.24) is 5.32 Å². The van der Waals surface area contributed by atoms with Gasteiger partial charge >= 0.3 is 5.97 Å². The predicted octanol–water partition coefficient (Wildman–Crippen LogP) is 1.49. The molecule has 4 nitrogen and oxygen atoms in total. The largest absolute Gasteiger partial charge is 0.466 e. The van der Waals surface area contributed by atoms with Gasteiger partial charge in [-0.05, 0) is 6.92 Å². The molecule has 1 fully saturated rings. The maximum absolute atomic E-state index is 12.0. The van der Waals surface area contributed by atoms with E-state index in [2.05, 4.69) is 11.4 Å². The molecule has 2 rings (SSSR count). The Labute approximate surface area is 111 Å². The summed E-state index contributed by atoms with van der Waals surface area (Å²) in [5.41, 5.74) is 0. The first-order valence-electron chi connectivity index (χ1n) is 6.07. The number of nitrogens with one attached hydrogen (secondary N) is 1. The van der Waals surface area contributed by atoms with Gasteiger partial charge in [0.15, 0.2) is 0 Å². The van der Waals surface area contributed by atoms with Gasteiger partial charge in [0, 0.05) is 18.1 Å². The first-order valence-corrected chi connectivity index (χ1v) is 7.02. The molecule has 0 aromatic rings. The van der Waals surface area contributed by atoms with Crippen molar-refractivity contribution in [3.63, 3.8) is 0 Å². The summed E-state index contributed by atoms with van der Waals surface area (Å²) in [5, 5.41) is 2.88. The highest BCUT2D eigenvalue weighted by Gasteiger charge is 2.47. The fraction of sp³-hybridized carbons (Fsp3) is 0.538. The lowest BCUT2D eigenvalue weighted by Gasteiger charge is -2.22. The smallest absolute Gasteiger partial charge is 0.312 e. The van der Waals surface area contributed by atoms with Crippen LogP contribution in [0.2, 0.25) is 0 Å². The molecule has 4 unspecified atom stereocenters. The van der Waals surface area contributed by atoms with Crippen molar-refractivity contribution < 1.29 is 14.3 Å². The summed E-state index contributed by atoms with van der Waals surface area (Å²) < 4.78 is 5.13. The second-order valence-electron chi connectivity index (χ2n) is 4.35. The van der Waals surface area contributed by atoms with Gasteiger partial charge in [-0.1, -0.05) is 24.3 Å². The Morgan fingerprint density at radius 3 is 2.72 bits per heavy atom. The molecule has 18 heavy (non-hydrogen) atoms. The molecule has 0 bridgehead atoms. The maximum Gasteiger partial charge on any atom is 0.312 e. The van der Waals surface area contributed by atoms with Gasteiger partial charge in [0.25, 0.3) is 0 Å². The number of fused-ring (bicyclic) bond motifs is 1. The van der Waals surface area contributed by atoms with E-state index in [1.54, 1.807) is 18.7 Å². The average Bonchev–Trinajstić information content (AvgIpc) is 2.66. The zero-order chi connectivity index (χ0) is 13.1. The van der Waals surface area contributed by atoms with E-state index in [9.17, 15) is 9.59 Å². The number of ether oxygens (including phenoxy) is 1. The molecule has 1 aliphatic carbocycles. The monoisotopic (exact) mass is 267 g/mol. The van der Waals surface area contributed by atoms with Crippen LogP contribution < -0.4 is 5.32 Å². The summed E-state index contributed by atoms with van der Waals surface area (Å²) >= 11 is 1.61. The number of esters is 1. The Morgan fingerprint density at radius 2 is 2.06 bits per heavy atom. The van der Waals surface area contributed by atoms with Crippen molar-refractivity contribution in [1.29, 1.82) is 0 Å². The van der Waals surface area contributed by atoms with Gasteiger partial charge in [-0.2, -0.15) is 0 Å². The minimum atomic E-state index is -0.301. The Balaban J connectivity index is 2.18. The number of hydrogen-bond acceptors (Lipinski definition) is 4. The first kappa shape index (κ1) is 13.2. The molecular formula is C13H17NO3S. The Bertz CT molecular complexity index is 405. The van der Waals surface area contributed by atoms with E-state index >= 15 is 0 Å². The van der Waals surface area contributed by atoms with Crippen molar-refractivity contribution in [3.05, 3.63) is 24.3 Å². The molecule has 5 heteroatoms. The van der Waals surface area contributed by atoms with Gasteiger partial charge in [0.1, 0.15) is 0 Å². The molecule has 0 radical (unpaired) electrons. The van der Waals surface area contributed by atoms with Crippen molar-refractivity contribution in [3.8, 4) is 0 Å². The van der Waals surface area contributed by atoms with Gasteiger partial charge in [-0.3, -0.25) is 9.59 Å². The molecule has 1 saturated heterocycles. The number of amides is 1. The molecule has 1 aliphatic heterocycles. The SMILES string of the molecule is CCOC(=O)C1C(NC(C)=O)SC2C=CC=CC21. The molecule has 0 saturated carbocycles. The van der Waals surface area contributed by atoms with Gasteiger partial charge in [0.2, 0.25) is 5.91 Å². The second-order valence-corrected chi connectivity index (χ2v) is 5.67. The normalized spacial score (nSPS) is 33.0. The van der Waals surface area contributed by atoms with E-state index in [4.69, 9.17) is 4.74 Å². The molecular weight excluding hydrogens is 250 g/mol. The quantitative estimate of drug-likeness (QED) is 0.787. The van der Waals surface area contributed by atoms with Gasteiger partial charge in [-0.25, -0.2) is 0 Å². The Morgan fingerprint density at radius 1 is 1.33 bits per heavy atom.